The fraction of sp³-hybridized carbons (Fsp3) is 0.211. The third-order valence-corrected chi connectivity index (χ3v) is 4.47. The SMILES string of the molecule is CN(CC(=O)Nc1ccc(Cl)c(Cl)c1)C(=O)CNC(=O)c1cccc(OC(F)F)c1. The highest BCUT2D eigenvalue weighted by atomic mass is 35.5. The molecule has 0 radical (unpaired) electrons. The molecule has 0 saturated carbocycles. The Morgan fingerprint density at radius 3 is 2.50 bits per heavy atom. The summed E-state index contributed by atoms with van der Waals surface area (Å²) in [6.45, 7) is -3.68. The minimum atomic E-state index is -3.02. The van der Waals surface area contributed by atoms with Crippen LogP contribution in [0.5, 0.6) is 5.75 Å². The molecule has 0 heterocycles. The number of ether oxygens (including phenoxy) is 1. The number of halogens is 4. The molecule has 30 heavy (non-hydrogen) atoms. The van der Waals surface area contributed by atoms with Crippen molar-refractivity contribution in [1.29, 1.82) is 0 Å². The fourth-order valence-electron chi connectivity index (χ4n) is 2.28. The largest absolute Gasteiger partial charge is 0.435 e. The lowest BCUT2D eigenvalue weighted by molar-refractivity contribution is -0.132. The molecule has 2 aromatic rings. The summed E-state index contributed by atoms with van der Waals surface area (Å²) in [5.41, 5.74) is 0.454. The number of anilines is 1. The highest BCUT2D eigenvalue weighted by Gasteiger charge is 2.16. The van der Waals surface area contributed by atoms with Gasteiger partial charge in [0, 0.05) is 18.3 Å². The monoisotopic (exact) mass is 459 g/mol. The van der Waals surface area contributed by atoms with E-state index < -0.39 is 30.9 Å². The van der Waals surface area contributed by atoms with Crippen molar-refractivity contribution in [2.45, 2.75) is 6.61 Å². The molecule has 0 saturated heterocycles. The average molecular weight is 460 g/mol. The molecule has 3 amide bonds. The molecule has 0 aromatic heterocycles. The van der Waals surface area contributed by atoms with Crippen LogP contribution in [0.3, 0.4) is 0 Å². The van der Waals surface area contributed by atoms with Gasteiger partial charge in [-0.05, 0) is 36.4 Å². The third kappa shape index (κ3) is 7.16. The summed E-state index contributed by atoms with van der Waals surface area (Å²) in [6.07, 6.45) is 0. The van der Waals surface area contributed by atoms with Crippen LogP contribution in [-0.4, -0.2) is 49.4 Å². The van der Waals surface area contributed by atoms with E-state index in [1.54, 1.807) is 6.07 Å². The molecule has 0 fully saturated rings. The molecule has 11 heteroatoms. The first-order valence-corrected chi connectivity index (χ1v) is 9.23. The number of hydrogen-bond acceptors (Lipinski definition) is 4. The van der Waals surface area contributed by atoms with E-state index in [0.29, 0.717) is 10.7 Å². The van der Waals surface area contributed by atoms with Crippen molar-refractivity contribution in [2.24, 2.45) is 0 Å². The van der Waals surface area contributed by atoms with Crippen LogP contribution in [-0.2, 0) is 9.59 Å². The molecule has 2 N–H and O–H groups in total. The van der Waals surface area contributed by atoms with Gasteiger partial charge in [-0.2, -0.15) is 8.78 Å². The van der Waals surface area contributed by atoms with E-state index in [-0.39, 0.29) is 22.9 Å². The Bertz CT molecular complexity index is 944. The second kappa shape index (κ2) is 10.7. The molecule has 160 valence electrons. The number of rotatable bonds is 8. The molecule has 0 aliphatic rings. The Labute approximate surface area is 180 Å². The number of carbonyl (C=O) groups excluding carboxylic acids is 3. The second-order valence-corrected chi connectivity index (χ2v) is 6.83. The first kappa shape index (κ1) is 23.4. The molecule has 0 bridgehead atoms. The van der Waals surface area contributed by atoms with Gasteiger partial charge in [0.15, 0.2) is 0 Å². The first-order valence-electron chi connectivity index (χ1n) is 8.47. The molecule has 2 aromatic carbocycles. The van der Waals surface area contributed by atoms with Gasteiger partial charge in [-0.25, -0.2) is 0 Å². The van der Waals surface area contributed by atoms with Crippen LogP contribution >= 0.6 is 23.2 Å². The normalized spacial score (nSPS) is 10.5. The van der Waals surface area contributed by atoms with Crippen molar-refractivity contribution in [1.82, 2.24) is 10.2 Å². The Hall–Kier alpha value is -2.91. The minimum Gasteiger partial charge on any atom is -0.435 e. The van der Waals surface area contributed by atoms with Crippen LogP contribution in [0.15, 0.2) is 42.5 Å². The second-order valence-electron chi connectivity index (χ2n) is 6.02. The van der Waals surface area contributed by atoms with E-state index in [1.807, 2.05) is 0 Å². The Balaban J connectivity index is 1.84. The summed E-state index contributed by atoms with van der Waals surface area (Å²) >= 11 is 11.7. The summed E-state index contributed by atoms with van der Waals surface area (Å²) in [6, 6.07) is 9.69. The molecular formula is C19H17Cl2F2N3O4. The number of amides is 3. The van der Waals surface area contributed by atoms with Crippen LogP contribution in [0.25, 0.3) is 0 Å². The van der Waals surface area contributed by atoms with E-state index >= 15 is 0 Å². The number of likely N-dealkylation sites (N-methyl/N-ethyl adjacent to an activating group) is 1. The van der Waals surface area contributed by atoms with Gasteiger partial charge in [-0.3, -0.25) is 14.4 Å². The maximum Gasteiger partial charge on any atom is 0.387 e. The third-order valence-electron chi connectivity index (χ3n) is 3.73. The number of nitrogens with zero attached hydrogens (tertiary/aromatic N) is 1. The van der Waals surface area contributed by atoms with Gasteiger partial charge in [0.25, 0.3) is 5.91 Å². The number of benzene rings is 2. The number of nitrogens with one attached hydrogen (secondary N) is 2. The zero-order valence-electron chi connectivity index (χ0n) is 15.6. The summed E-state index contributed by atoms with van der Waals surface area (Å²) in [7, 11) is 1.39. The van der Waals surface area contributed by atoms with E-state index in [1.165, 1.54) is 37.4 Å². The van der Waals surface area contributed by atoms with Gasteiger partial charge in [0.2, 0.25) is 11.8 Å². The standard InChI is InChI=1S/C19H17Cl2F2N3O4/c1-26(10-16(27)25-12-5-6-14(20)15(21)8-12)17(28)9-24-18(29)11-3-2-4-13(7-11)30-19(22)23/h2-8,19H,9-10H2,1H3,(H,24,29)(H,25,27). The number of hydrogen-bond donors (Lipinski definition) is 2. The Morgan fingerprint density at radius 2 is 1.83 bits per heavy atom. The van der Waals surface area contributed by atoms with Crippen LogP contribution in [0.1, 0.15) is 10.4 Å². The molecule has 0 atom stereocenters. The summed E-state index contributed by atoms with van der Waals surface area (Å²) in [4.78, 5) is 37.4. The fourth-order valence-corrected chi connectivity index (χ4v) is 2.58. The molecule has 7 nitrogen and oxygen atoms in total. The van der Waals surface area contributed by atoms with Crippen molar-refractivity contribution in [3.8, 4) is 5.75 Å². The van der Waals surface area contributed by atoms with Crippen molar-refractivity contribution >= 4 is 46.6 Å². The molecule has 0 aliphatic heterocycles. The highest BCUT2D eigenvalue weighted by Crippen LogP contribution is 2.24. The van der Waals surface area contributed by atoms with Crippen LogP contribution in [0.4, 0.5) is 14.5 Å². The lowest BCUT2D eigenvalue weighted by atomic mass is 10.2. The van der Waals surface area contributed by atoms with Gasteiger partial charge in [0.1, 0.15) is 5.75 Å². The van der Waals surface area contributed by atoms with Crippen LogP contribution in [0, 0.1) is 0 Å². The zero-order chi connectivity index (χ0) is 22.3. The predicted molar refractivity (Wildman–Crippen MR) is 108 cm³/mol. The maximum atomic E-state index is 12.3. The summed E-state index contributed by atoms with van der Waals surface area (Å²) in [5, 5.41) is 5.53. The van der Waals surface area contributed by atoms with Crippen molar-refractivity contribution in [3.63, 3.8) is 0 Å². The molecule has 0 spiro atoms. The lowest BCUT2D eigenvalue weighted by Gasteiger charge is -2.17. The maximum absolute atomic E-state index is 12.3. The smallest absolute Gasteiger partial charge is 0.387 e. The van der Waals surface area contributed by atoms with E-state index in [9.17, 15) is 23.2 Å². The molecule has 0 aliphatic carbocycles. The topological polar surface area (TPSA) is 87.7 Å². The molecule has 0 unspecified atom stereocenters. The Morgan fingerprint density at radius 1 is 1.10 bits per heavy atom. The quantitative estimate of drug-likeness (QED) is 0.632. The van der Waals surface area contributed by atoms with E-state index in [0.717, 1.165) is 11.0 Å². The zero-order valence-corrected chi connectivity index (χ0v) is 17.1. The molecular weight excluding hydrogens is 443 g/mol. The van der Waals surface area contributed by atoms with Gasteiger partial charge in [-0.15, -0.1) is 0 Å². The van der Waals surface area contributed by atoms with Gasteiger partial charge in [0.05, 0.1) is 23.1 Å². The van der Waals surface area contributed by atoms with Gasteiger partial charge < -0.3 is 20.3 Å². The highest BCUT2D eigenvalue weighted by molar-refractivity contribution is 6.42. The summed E-state index contributed by atoms with van der Waals surface area (Å²) < 4.78 is 28.7. The van der Waals surface area contributed by atoms with Gasteiger partial charge in [-0.1, -0.05) is 29.3 Å². The van der Waals surface area contributed by atoms with E-state index in [2.05, 4.69) is 15.4 Å². The average Bonchev–Trinajstić information content (AvgIpc) is 2.68. The lowest BCUT2D eigenvalue weighted by Crippen LogP contribution is -2.41. The summed E-state index contributed by atoms with van der Waals surface area (Å²) in [5.74, 6) is -1.85. The van der Waals surface area contributed by atoms with Crippen molar-refractivity contribution < 1.29 is 27.9 Å². The number of carbonyl (C=O) groups is 3. The molecule has 2 rings (SSSR count). The van der Waals surface area contributed by atoms with E-state index in [4.69, 9.17) is 23.2 Å². The number of alkyl halides is 2. The first-order chi connectivity index (χ1) is 14.2. The Kier molecular flexibility index (Phi) is 8.37. The van der Waals surface area contributed by atoms with Gasteiger partial charge >= 0.3 is 6.61 Å². The van der Waals surface area contributed by atoms with Crippen molar-refractivity contribution in [2.75, 3.05) is 25.5 Å². The predicted octanol–water partition coefficient (Wildman–Crippen LogP) is 3.42. The van der Waals surface area contributed by atoms with Crippen LogP contribution < -0.4 is 15.4 Å². The van der Waals surface area contributed by atoms with Crippen LogP contribution in [0.2, 0.25) is 10.0 Å². The van der Waals surface area contributed by atoms with Crippen molar-refractivity contribution in [3.05, 3.63) is 58.1 Å². The minimum absolute atomic E-state index is 0.0426.